The van der Waals surface area contributed by atoms with Gasteiger partial charge in [0.25, 0.3) is 5.91 Å². The van der Waals surface area contributed by atoms with Crippen LogP contribution in [-0.4, -0.2) is 110 Å². The number of nitrogens with one attached hydrogen (secondary N) is 5. The van der Waals surface area contributed by atoms with Crippen molar-refractivity contribution >= 4 is 41.7 Å². The van der Waals surface area contributed by atoms with Crippen LogP contribution in [0.3, 0.4) is 0 Å². The number of rotatable bonds is 35. The molecule has 3 heterocycles. The number of amidine groups is 1. The van der Waals surface area contributed by atoms with Gasteiger partial charge in [0.1, 0.15) is 11.7 Å². The summed E-state index contributed by atoms with van der Waals surface area (Å²) in [6.07, 6.45) is 9.24. The van der Waals surface area contributed by atoms with E-state index in [1.54, 1.807) is 24.4 Å². The Bertz CT molecular complexity index is 2400. The van der Waals surface area contributed by atoms with E-state index in [2.05, 4.69) is 95.8 Å². The van der Waals surface area contributed by atoms with E-state index < -0.39 is 0 Å². The first-order valence-corrected chi connectivity index (χ1v) is 25.4. The lowest BCUT2D eigenvalue weighted by Gasteiger charge is -2.25. The van der Waals surface area contributed by atoms with Crippen LogP contribution in [0.1, 0.15) is 81.1 Å². The highest BCUT2D eigenvalue weighted by molar-refractivity contribution is 7.94. The maximum absolute atomic E-state index is 12.5. The number of hydrazone groups is 2. The van der Waals surface area contributed by atoms with Crippen LogP contribution in [-0.2, 0) is 28.4 Å². The Hall–Kier alpha value is -6.49. The van der Waals surface area contributed by atoms with Crippen LogP contribution in [0, 0.1) is 5.41 Å². The Morgan fingerprint density at radius 3 is 2.18 bits per heavy atom. The number of unbranched alkanes of at least 4 members (excludes halogenated alkanes) is 2. The molecule has 1 aliphatic rings. The highest BCUT2D eigenvalue weighted by atomic mass is 32.2. The van der Waals surface area contributed by atoms with Crippen molar-refractivity contribution in [1.82, 2.24) is 36.7 Å². The van der Waals surface area contributed by atoms with Gasteiger partial charge in [0.15, 0.2) is 0 Å². The van der Waals surface area contributed by atoms with Crippen LogP contribution in [0.2, 0.25) is 0 Å². The van der Waals surface area contributed by atoms with E-state index in [-0.39, 0.29) is 17.2 Å². The minimum Gasteiger partial charge on any atom is -0.478 e. The van der Waals surface area contributed by atoms with Crippen LogP contribution in [0.15, 0.2) is 130 Å². The van der Waals surface area contributed by atoms with Gasteiger partial charge in [0, 0.05) is 73.0 Å². The first-order chi connectivity index (χ1) is 35.8. The van der Waals surface area contributed by atoms with Gasteiger partial charge in [0.2, 0.25) is 11.8 Å². The molecule has 390 valence electrons. The lowest BCUT2D eigenvalue weighted by molar-refractivity contribution is -0.432. The van der Waals surface area contributed by atoms with Crippen LogP contribution < -0.4 is 31.8 Å². The number of hydrogen-bond acceptors (Lipinski definition) is 18. The van der Waals surface area contributed by atoms with Crippen molar-refractivity contribution in [3.63, 3.8) is 0 Å². The van der Waals surface area contributed by atoms with Crippen LogP contribution in [0.25, 0.3) is 22.4 Å². The number of hydrogen-bond donors (Lipinski definition) is 6. The highest BCUT2D eigenvalue weighted by Gasteiger charge is 2.30. The molecule has 73 heavy (non-hydrogen) atoms. The summed E-state index contributed by atoms with van der Waals surface area (Å²) in [5, 5.41) is 28.5. The number of pyridine rings is 2. The Morgan fingerprint density at radius 1 is 0.753 bits per heavy atom. The Morgan fingerprint density at radius 2 is 1.45 bits per heavy atom. The van der Waals surface area contributed by atoms with Crippen molar-refractivity contribution < 1.29 is 43.2 Å². The molecular formula is C53H68N10O9S. The first-order valence-electron chi connectivity index (χ1n) is 24.7. The predicted octanol–water partition coefficient (Wildman–Crippen LogP) is 8.45. The van der Waals surface area contributed by atoms with Gasteiger partial charge in [-0.25, -0.2) is 20.8 Å². The molecule has 0 radical (unpaired) electrons. The smallest absolute Gasteiger partial charge is 0.252 e. The molecule has 3 aromatic carbocycles. The molecule has 0 fully saturated rings. The average Bonchev–Trinajstić information content (AvgIpc) is 3.91. The summed E-state index contributed by atoms with van der Waals surface area (Å²) in [7, 11) is 0. The second kappa shape index (κ2) is 31.9. The molecule has 0 atom stereocenters. The van der Waals surface area contributed by atoms with E-state index in [0.29, 0.717) is 101 Å². The molecule has 6 N–H and O–H groups in total. The number of benzene rings is 3. The molecule has 2 amide bonds. The fourth-order valence-electron chi connectivity index (χ4n) is 7.34. The molecule has 0 spiro atoms. The molecule has 20 heteroatoms. The second-order valence-corrected chi connectivity index (χ2v) is 18.2. The Labute approximate surface area is 431 Å². The summed E-state index contributed by atoms with van der Waals surface area (Å²) in [5.74, 6) is 1.78. The average molecular weight is 1020 g/mol. The minimum atomic E-state index is -0.236. The molecule has 5 aromatic rings. The predicted molar refractivity (Wildman–Crippen MR) is 282 cm³/mol. The third-order valence-electron chi connectivity index (χ3n) is 11.4. The summed E-state index contributed by atoms with van der Waals surface area (Å²) >= 11 is 0.838. The van der Waals surface area contributed by atoms with Gasteiger partial charge in [-0.2, -0.15) is 5.10 Å². The number of hydrazine groups is 2. The summed E-state index contributed by atoms with van der Waals surface area (Å²) in [6.45, 7) is 9.47. The molecule has 19 nitrogen and oxygen atoms in total. The zero-order valence-corrected chi connectivity index (χ0v) is 42.4. The first kappa shape index (κ1) is 55.8. The number of nitrogens with zero attached hydrogens (tertiary/aromatic N) is 5. The Balaban J connectivity index is 0.701. The third kappa shape index (κ3) is 20.5. The van der Waals surface area contributed by atoms with E-state index in [0.717, 1.165) is 84.4 Å². The fraction of sp³-hybridized carbons (Fsp3) is 0.396. The minimum absolute atomic E-state index is 0.0354. The Kier molecular flexibility index (Phi) is 24.4. The lowest BCUT2D eigenvalue weighted by Crippen LogP contribution is -2.45. The van der Waals surface area contributed by atoms with Gasteiger partial charge in [0.05, 0.1) is 62.5 Å². The topological polar surface area (TPSA) is 224 Å². The van der Waals surface area contributed by atoms with Crippen LogP contribution in [0.5, 0.6) is 5.88 Å². The van der Waals surface area contributed by atoms with E-state index in [1.165, 1.54) is 6.20 Å². The van der Waals surface area contributed by atoms with E-state index in [9.17, 15) is 9.59 Å². The lowest BCUT2D eigenvalue weighted by atomic mass is 9.86. The molecule has 1 aliphatic heterocycles. The van der Waals surface area contributed by atoms with Crippen molar-refractivity contribution in [2.24, 2.45) is 15.6 Å². The van der Waals surface area contributed by atoms with Crippen molar-refractivity contribution in [3.8, 4) is 28.3 Å². The number of aromatic nitrogens is 2. The van der Waals surface area contributed by atoms with Gasteiger partial charge < -0.3 is 29.6 Å². The molecule has 2 aromatic heterocycles. The van der Waals surface area contributed by atoms with E-state index in [4.69, 9.17) is 29.2 Å². The molecular weight excluding hydrogens is 953 g/mol. The fourth-order valence-corrected chi connectivity index (χ4v) is 7.79. The SMILES string of the molecule is CC(C)(CCCCOc1cc(-c2ccccc2)cc(-c2ccccc2)n1)C1=NNN(CCCCC(=O)NCCCOCCOCCOCCCNC(=O)c2ccc(N/N=C/c3ccccc3SOOO)nc2)N1. The standard InChI is InChI=1S/C53H68N10O9S/c1-53(2,26-12-14-32-70-50-38-45(41-17-5-3-6-18-41)37-46(58-50)42-19-7-4-8-20-42)52-60-62-63(61-52)29-13-11-23-49(64)54-27-15-30-67-33-35-69-36-34-68-31-16-28-55-51(65)44-24-25-48(56-39-44)59-57-40-43-21-9-10-22-47(43)73-72-71-66/h3-10,17-22,24-25,37-40,62,66H,11-16,23,26-36H2,1-2H3,(H,54,64)(H,55,65)(H,56,59)(H,60,61)/b57-40+. The molecule has 0 saturated heterocycles. The summed E-state index contributed by atoms with van der Waals surface area (Å²) in [4.78, 5) is 34.6. The molecule has 0 bridgehead atoms. The van der Waals surface area contributed by atoms with E-state index in [1.807, 2.05) is 65.8 Å². The number of carbonyl (C=O) groups excluding carboxylic acids is 2. The number of carbonyl (C=O) groups is 2. The summed E-state index contributed by atoms with van der Waals surface area (Å²) < 4.78 is 27.5. The van der Waals surface area contributed by atoms with Crippen LogP contribution >= 0.6 is 12.0 Å². The van der Waals surface area contributed by atoms with Gasteiger partial charge in [-0.05, 0) is 80.3 Å². The quantitative estimate of drug-likeness (QED) is 0.00736. The zero-order chi connectivity index (χ0) is 51.2. The van der Waals surface area contributed by atoms with Gasteiger partial charge in [-0.1, -0.05) is 97.7 Å². The van der Waals surface area contributed by atoms with Gasteiger partial charge >= 0.3 is 0 Å². The maximum atomic E-state index is 12.5. The summed E-state index contributed by atoms with van der Waals surface area (Å²) in [6, 6.07) is 35.2. The largest absolute Gasteiger partial charge is 0.478 e. The number of ether oxygens (including phenoxy) is 4. The monoisotopic (exact) mass is 1020 g/mol. The van der Waals surface area contributed by atoms with Crippen molar-refractivity contribution in [1.29, 1.82) is 0 Å². The van der Waals surface area contributed by atoms with Crippen molar-refractivity contribution in [2.45, 2.75) is 70.1 Å². The third-order valence-corrected chi connectivity index (χ3v) is 12.1. The molecule has 0 unspecified atom stereocenters. The van der Waals surface area contributed by atoms with E-state index >= 15 is 0 Å². The molecule has 0 saturated carbocycles. The summed E-state index contributed by atoms with van der Waals surface area (Å²) in [5.41, 5.74) is 14.4. The van der Waals surface area contributed by atoms with Gasteiger partial charge in [-0.3, -0.25) is 20.4 Å². The normalized spacial score (nSPS) is 12.6. The van der Waals surface area contributed by atoms with Gasteiger partial charge in [-0.15, -0.1) is 14.6 Å². The zero-order valence-electron chi connectivity index (χ0n) is 41.6. The van der Waals surface area contributed by atoms with Crippen molar-refractivity contribution in [2.75, 3.05) is 71.3 Å². The number of amides is 2. The highest BCUT2D eigenvalue weighted by Crippen LogP contribution is 2.30. The molecule has 0 aliphatic carbocycles. The number of anilines is 1. The second-order valence-electron chi connectivity index (χ2n) is 17.5. The molecule has 6 rings (SSSR count). The maximum Gasteiger partial charge on any atom is 0.252 e. The van der Waals surface area contributed by atoms with Crippen molar-refractivity contribution in [3.05, 3.63) is 127 Å². The van der Waals surface area contributed by atoms with Crippen LogP contribution in [0.4, 0.5) is 5.82 Å².